The standard InChI is InChI=1S/C39H43P2/c1-27(40(38-25-28-19-21-30(38)23-28)39-26-29-20-22-31(39)24-29)34-16-10-17-35(34)36-15-8-9-18-37(36)41(32-11-4-2-5-12-32)33-13-6-3-7-14-33/h2-18,27-31,38-39H,19-26H2,1H3/t27-,28-,29+,30+,31-,38?,39?,40?/m0/s1. The number of rotatable bonds is 8. The highest BCUT2D eigenvalue weighted by atomic mass is 31.1. The molecular formula is C39H43P2. The van der Waals surface area contributed by atoms with Crippen LogP contribution >= 0.6 is 15.8 Å². The summed E-state index contributed by atoms with van der Waals surface area (Å²) in [7, 11) is -0.657. The fourth-order valence-corrected chi connectivity index (χ4v) is 16.9. The first-order valence-electron chi connectivity index (χ1n) is 16.3. The van der Waals surface area contributed by atoms with Crippen LogP contribution in [-0.2, 0) is 0 Å². The molecule has 8 atom stereocenters. The molecule has 3 unspecified atom stereocenters. The zero-order valence-electron chi connectivity index (χ0n) is 24.4. The Morgan fingerprint density at radius 2 is 1.17 bits per heavy atom. The fraction of sp³-hybridized carbons (Fsp3) is 0.410. The molecule has 0 nitrogen and oxygen atoms in total. The summed E-state index contributed by atoms with van der Waals surface area (Å²) < 4.78 is 0. The lowest BCUT2D eigenvalue weighted by Crippen LogP contribution is -2.33. The third kappa shape index (κ3) is 4.98. The van der Waals surface area contributed by atoms with Gasteiger partial charge >= 0.3 is 0 Å². The molecule has 0 aliphatic heterocycles. The van der Waals surface area contributed by atoms with Gasteiger partial charge in [-0.1, -0.05) is 113 Å². The van der Waals surface area contributed by atoms with Crippen LogP contribution in [0.4, 0.5) is 0 Å². The lowest BCUT2D eigenvalue weighted by Gasteiger charge is -2.45. The van der Waals surface area contributed by atoms with E-state index in [1.807, 2.05) is 0 Å². The van der Waals surface area contributed by atoms with Crippen LogP contribution in [0.3, 0.4) is 0 Å². The van der Waals surface area contributed by atoms with E-state index in [0.29, 0.717) is 5.66 Å². The second kappa shape index (κ2) is 11.5. The molecule has 3 aromatic rings. The van der Waals surface area contributed by atoms with Crippen molar-refractivity contribution in [3.63, 3.8) is 0 Å². The minimum Gasteiger partial charge on any atom is -0.0962 e. The van der Waals surface area contributed by atoms with Gasteiger partial charge in [0, 0.05) is 5.92 Å². The van der Waals surface area contributed by atoms with Crippen LogP contribution < -0.4 is 15.9 Å². The summed E-state index contributed by atoms with van der Waals surface area (Å²) in [6.07, 6.45) is 19.7. The van der Waals surface area contributed by atoms with Crippen molar-refractivity contribution in [1.29, 1.82) is 0 Å². The van der Waals surface area contributed by atoms with Crippen molar-refractivity contribution in [2.45, 2.75) is 75.3 Å². The number of fused-ring (bicyclic) bond motifs is 4. The first-order valence-corrected chi connectivity index (χ1v) is 19.2. The molecule has 0 N–H and O–H groups in total. The van der Waals surface area contributed by atoms with Crippen molar-refractivity contribution >= 4 is 31.8 Å². The SMILES string of the molecule is C[C@@H]([C]1[CH][CH][CH][C]1c1ccccc1P(c1ccccc1)c1ccccc1)P(C1C[C@H]2CC[C@@H]1C2)C1C[C@@H]2CC[C@H]1C2. The lowest BCUT2D eigenvalue weighted by molar-refractivity contribution is 0.458. The van der Waals surface area contributed by atoms with E-state index >= 15 is 0 Å². The van der Waals surface area contributed by atoms with Crippen LogP contribution in [-0.4, -0.2) is 17.0 Å². The van der Waals surface area contributed by atoms with Crippen molar-refractivity contribution in [2.75, 3.05) is 0 Å². The highest BCUT2D eigenvalue weighted by Crippen LogP contribution is 2.71. The van der Waals surface area contributed by atoms with Gasteiger partial charge in [-0.05, 0) is 134 Å². The highest BCUT2D eigenvalue weighted by molar-refractivity contribution is 7.80. The Hall–Kier alpha value is -1.48. The van der Waals surface area contributed by atoms with E-state index in [9.17, 15) is 0 Å². The predicted molar refractivity (Wildman–Crippen MR) is 178 cm³/mol. The van der Waals surface area contributed by atoms with Gasteiger partial charge in [0.05, 0.1) is 0 Å². The van der Waals surface area contributed by atoms with Crippen LogP contribution in [0.25, 0.3) is 0 Å². The van der Waals surface area contributed by atoms with E-state index in [1.54, 1.807) is 31.6 Å². The maximum absolute atomic E-state index is 2.67. The molecule has 3 aromatic carbocycles. The topological polar surface area (TPSA) is 0 Å². The van der Waals surface area contributed by atoms with E-state index in [-0.39, 0.29) is 7.92 Å². The summed E-state index contributed by atoms with van der Waals surface area (Å²) in [5.74, 6) is 7.32. The Kier molecular flexibility index (Phi) is 7.63. The third-order valence-corrected chi connectivity index (χ3v) is 17.8. The average Bonchev–Trinajstić information content (AvgIpc) is 3.86. The number of benzene rings is 3. The molecule has 5 radical (unpaired) electrons. The molecule has 209 valence electrons. The lowest BCUT2D eigenvalue weighted by atomic mass is 9.87. The maximum Gasteiger partial charge on any atom is 0.0171 e. The minimum absolute atomic E-state index is 0.0180. The largest absolute Gasteiger partial charge is 0.0962 e. The van der Waals surface area contributed by atoms with Crippen LogP contribution in [0.15, 0.2) is 84.9 Å². The van der Waals surface area contributed by atoms with Gasteiger partial charge in [0.1, 0.15) is 0 Å². The van der Waals surface area contributed by atoms with Crippen molar-refractivity contribution in [2.24, 2.45) is 23.7 Å². The summed E-state index contributed by atoms with van der Waals surface area (Å²) >= 11 is 0. The van der Waals surface area contributed by atoms with Gasteiger partial charge in [-0.15, -0.1) is 0 Å². The Labute approximate surface area is 251 Å². The number of hydrogen-bond acceptors (Lipinski definition) is 0. The van der Waals surface area contributed by atoms with Crippen LogP contribution in [0.1, 0.15) is 63.9 Å². The molecule has 4 bridgehead atoms. The molecule has 5 fully saturated rings. The maximum atomic E-state index is 2.67. The second-order valence-electron chi connectivity index (χ2n) is 13.5. The van der Waals surface area contributed by atoms with Gasteiger partial charge in [-0.2, -0.15) is 0 Å². The van der Waals surface area contributed by atoms with Crippen LogP contribution in [0.2, 0.25) is 0 Å². The molecule has 8 rings (SSSR count). The number of hydrogen-bond donors (Lipinski definition) is 0. The Bertz CT molecular complexity index is 1250. The fourth-order valence-electron chi connectivity index (χ4n) is 9.65. The van der Waals surface area contributed by atoms with E-state index < -0.39 is 7.92 Å². The minimum atomic E-state index is -0.639. The van der Waals surface area contributed by atoms with Gasteiger partial charge < -0.3 is 0 Å². The van der Waals surface area contributed by atoms with Gasteiger partial charge in [0.15, 0.2) is 0 Å². The molecule has 2 heteroatoms. The van der Waals surface area contributed by atoms with Gasteiger partial charge in [0.25, 0.3) is 0 Å². The Morgan fingerprint density at radius 1 is 0.610 bits per heavy atom. The predicted octanol–water partition coefficient (Wildman–Crippen LogP) is 8.82. The van der Waals surface area contributed by atoms with Crippen molar-refractivity contribution in [3.8, 4) is 0 Å². The normalized spacial score (nSPS) is 32.7. The first kappa shape index (κ1) is 27.1. The zero-order valence-corrected chi connectivity index (χ0v) is 26.2. The van der Waals surface area contributed by atoms with Gasteiger partial charge in [0.2, 0.25) is 0 Å². The molecule has 0 heterocycles. The average molecular weight is 574 g/mol. The molecular weight excluding hydrogens is 530 g/mol. The van der Waals surface area contributed by atoms with Crippen molar-refractivity contribution in [1.82, 2.24) is 0 Å². The van der Waals surface area contributed by atoms with Crippen molar-refractivity contribution in [3.05, 3.63) is 122 Å². The Balaban J connectivity index is 1.16. The zero-order chi connectivity index (χ0) is 27.3. The molecule has 5 aliphatic rings. The highest BCUT2D eigenvalue weighted by Gasteiger charge is 2.53. The summed E-state index contributed by atoms with van der Waals surface area (Å²) in [6, 6.07) is 31.9. The van der Waals surface area contributed by atoms with E-state index in [1.165, 1.54) is 53.1 Å². The second-order valence-corrected chi connectivity index (χ2v) is 18.7. The molecule has 0 saturated heterocycles. The quantitative estimate of drug-likeness (QED) is 0.236. The summed E-state index contributed by atoms with van der Waals surface area (Å²) in [5.41, 5.74) is 4.20. The first-order chi connectivity index (χ1) is 20.2. The van der Waals surface area contributed by atoms with Crippen molar-refractivity contribution < 1.29 is 0 Å². The summed E-state index contributed by atoms with van der Waals surface area (Å²) in [5, 5.41) is 4.38. The van der Waals surface area contributed by atoms with Crippen LogP contribution in [0, 0.1) is 54.8 Å². The summed E-state index contributed by atoms with van der Waals surface area (Å²) in [4.78, 5) is 0. The Morgan fingerprint density at radius 3 is 1.71 bits per heavy atom. The molecule has 5 aliphatic carbocycles. The van der Waals surface area contributed by atoms with E-state index in [2.05, 4.69) is 111 Å². The molecule has 0 spiro atoms. The monoisotopic (exact) mass is 573 g/mol. The van der Waals surface area contributed by atoms with Crippen LogP contribution in [0.5, 0.6) is 0 Å². The smallest absolute Gasteiger partial charge is 0.0171 e. The summed E-state index contributed by atoms with van der Waals surface area (Å²) in [6.45, 7) is 2.67. The molecule has 41 heavy (non-hydrogen) atoms. The molecule has 0 amide bonds. The molecule has 0 aromatic heterocycles. The van der Waals surface area contributed by atoms with E-state index in [0.717, 1.165) is 35.0 Å². The molecule has 5 saturated carbocycles. The van der Waals surface area contributed by atoms with Gasteiger partial charge in [-0.3, -0.25) is 0 Å². The van der Waals surface area contributed by atoms with Gasteiger partial charge in [-0.25, -0.2) is 0 Å². The third-order valence-electron chi connectivity index (χ3n) is 11.4. The van der Waals surface area contributed by atoms with E-state index in [4.69, 9.17) is 0 Å².